The minimum atomic E-state index is 0.721. The molecule has 15 heavy (non-hydrogen) atoms. The van der Waals surface area contributed by atoms with Crippen molar-refractivity contribution < 1.29 is 0 Å². The molecule has 1 atom stereocenters. The quantitative estimate of drug-likeness (QED) is 0.752. The summed E-state index contributed by atoms with van der Waals surface area (Å²) in [5.41, 5.74) is 0. The van der Waals surface area contributed by atoms with Crippen LogP contribution in [0.2, 0.25) is 0 Å². The van der Waals surface area contributed by atoms with E-state index in [0.717, 1.165) is 18.0 Å². The zero-order chi connectivity index (χ0) is 10.7. The Morgan fingerprint density at radius 1 is 1.13 bits per heavy atom. The van der Waals surface area contributed by atoms with E-state index in [0.29, 0.717) is 0 Å². The van der Waals surface area contributed by atoms with Gasteiger partial charge < -0.3 is 5.32 Å². The van der Waals surface area contributed by atoms with Crippen LogP contribution in [0.15, 0.2) is 0 Å². The molecule has 0 aromatic heterocycles. The molecule has 0 radical (unpaired) electrons. The summed E-state index contributed by atoms with van der Waals surface area (Å²) in [6.45, 7) is 8.35. The molecule has 1 aliphatic heterocycles. The van der Waals surface area contributed by atoms with E-state index in [4.69, 9.17) is 0 Å². The van der Waals surface area contributed by atoms with Crippen LogP contribution in [0.5, 0.6) is 0 Å². The van der Waals surface area contributed by atoms with Crippen LogP contribution in [-0.2, 0) is 0 Å². The van der Waals surface area contributed by atoms with E-state index in [1.165, 1.54) is 51.7 Å². The Morgan fingerprint density at radius 2 is 1.87 bits per heavy atom. The summed E-state index contributed by atoms with van der Waals surface area (Å²) >= 11 is 0. The van der Waals surface area contributed by atoms with Crippen LogP contribution in [0.4, 0.5) is 0 Å². The van der Waals surface area contributed by atoms with E-state index in [2.05, 4.69) is 24.1 Å². The van der Waals surface area contributed by atoms with Crippen LogP contribution in [0.3, 0.4) is 0 Å². The maximum atomic E-state index is 3.58. The fourth-order valence-electron chi connectivity index (χ4n) is 3.34. The predicted molar refractivity (Wildman–Crippen MR) is 65.1 cm³/mol. The third kappa shape index (κ3) is 2.73. The molecule has 1 heterocycles. The van der Waals surface area contributed by atoms with Crippen LogP contribution >= 0.6 is 0 Å². The van der Waals surface area contributed by atoms with E-state index in [1.807, 2.05) is 0 Å². The lowest BCUT2D eigenvalue weighted by Gasteiger charge is -2.44. The molecule has 0 bridgehead atoms. The molecule has 2 nitrogen and oxygen atoms in total. The lowest BCUT2D eigenvalue weighted by atomic mass is 9.82. The second kappa shape index (κ2) is 5.31. The molecule has 2 aliphatic rings. The standard InChI is InChI=1S/C13H26N2/c1-11(2)15-9-8-14-10-13(15)12-6-4-3-5-7-12/h11-14H,3-10H2,1-2H3. The van der Waals surface area contributed by atoms with Gasteiger partial charge in [-0.1, -0.05) is 19.3 Å². The summed E-state index contributed by atoms with van der Waals surface area (Å²) in [5, 5.41) is 3.58. The lowest BCUT2D eigenvalue weighted by Crippen LogP contribution is -2.56. The average molecular weight is 210 g/mol. The first kappa shape index (κ1) is 11.4. The predicted octanol–water partition coefficient (Wildman–Crippen LogP) is 2.25. The van der Waals surface area contributed by atoms with E-state index >= 15 is 0 Å². The first-order valence-electron chi connectivity index (χ1n) is 6.75. The summed E-state index contributed by atoms with van der Waals surface area (Å²) in [6.07, 6.45) is 7.34. The number of nitrogens with one attached hydrogen (secondary N) is 1. The van der Waals surface area contributed by atoms with Gasteiger partial charge in [0.15, 0.2) is 0 Å². The van der Waals surface area contributed by atoms with Gasteiger partial charge in [-0.15, -0.1) is 0 Å². The number of hydrogen-bond donors (Lipinski definition) is 1. The molecule has 0 aromatic carbocycles. The van der Waals surface area contributed by atoms with Gasteiger partial charge in [-0.25, -0.2) is 0 Å². The van der Waals surface area contributed by atoms with Crippen molar-refractivity contribution in [1.82, 2.24) is 10.2 Å². The van der Waals surface area contributed by atoms with E-state index < -0.39 is 0 Å². The maximum absolute atomic E-state index is 3.58. The molecule has 88 valence electrons. The highest BCUT2D eigenvalue weighted by Gasteiger charge is 2.31. The third-order valence-corrected chi connectivity index (χ3v) is 4.18. The fourth-order valence-corrected chi connectivity index (χ4v) is 3.34. The molecule has 2 rings (SSSR count). The summed E-state index contributed by atoms with van der Waals surface area (Å²) in [4.78, 5) is 2.73. The lowest BCUT2D eigenvalue weighted by molar-refractivity contribution is 0.0661. The van der Waals surface area contributed by atoms with Crippen LogP contribution in [0.1, 0.15) is 46.0 Å². The van der Waals surface area contributed by atoms with Gasteiger partial charge in [-0.3, -0.25) is 4.90 Å². The van der Waals surface area contributed by atoms with Gasteiger partial charge in [-0.05, 0) is 32.6 Å². The van der Waals surface area contributed by atoms with Crippen molar-refractivity contribution in [3.05, 3.63) is 0 Å². The molecule has 2 heteroatoms. The molecule has 0 amide bonds. The third-order valence-electron chi connectivity index (χ3n) is 4.18. The number of hydrogen-bond acceptors (Lipinski definition) is 2. The molecule has 0 spiro atoms. The van der Waals surface area contributed by atoms with Crippen LogP contribution < -0.4 is 5.32 Å². The zero-order valence-corrected chi connectivity index (χ0v) is 10.3. The molecule has 1 aliphatic carbocycles. The first-order valence-corrected chi connectivity index (χ1v) is 6.75. The van der Waals surface area contributed by atoms with E-state index in [1.54, 1.807) is 0 Å². The van der Waals surface area contributed by atoms with Crippen molar-refractivity contribution in [2.45, 2.75) is 58.0 Å². The molecule has 1 unspecified atom stereocenters. The molecule has 1 N–H and O–H groups in total. The Balaban J connectivity index is 1.96. The monoisotopic (exact) mass is 210 g/mol. The van der Waals surface area contributed by atoms with Crippen LogP contribution in [-0.4, -0.2) is 36.6 Å². The first-order chi connectivity index (χ1) is 7.29. The summed E-state index contributed by atoms with van der Waals surface area (Å²) in [5.74, 6) is 0.967. The molecule has 0 aromatic rings. The smallest absolute Gasteiger partial charge is 0.0252 e. The second-order valence-electron chi connectivity index (χ2n) is 5.50. The van der Waals surface area contributed by atoms with Gasteiger partial charge >= 0.3 is 0 Å². The minimum absolute atomic E-state index is 0.721. The van der Waals surface area contributed by atoms with Crippen molar-refractivity contribution in [1.29, 1.82) is 0 Å². The zero-order valence-electron chi connectivity index (χ0n) is 10.3. The fraction of sp³-hybridized carbons (Fsp3) is 1.00. The molecular weight excluding hydrogens is 184 g/mol. The van der Waals surface area contributed by atoms with Crippen molar-refractivity contribution in [3.63, 3.8) is 0 Å². The summed E-state index contributed by atoms with van der Waals surface area (Å²) in [7, 11) is 0. The second-order valence-corrected chi connectivity index (χ2v) is 5.50. The van der Waals surface area contributed by atoms with Crippen molar-refractivity contribution >= 4 is 0 Å². The van der Waals surface area contributed by atoms with Crippen molar-refractivity contribution in [3.8, 4) is 0 Å². The largest absolute Gasteiger partial charge is 0.314 e. The highest BCUT2D eigenvalue weighted by molar-refractivity contribution is 4.88. The van der Waals surface area contributed by atoms with E-state index in [9.17, 15) is 0 Å². The van der Waals surface area contributed by atoms with Gasteiger partial charge in [-0.2, -0.15) is 0 Å². The average Bonchev–Trinajstić information content (AvgIpc) is 2.30. The van der Waals surface area contributed by atoms with E-state index in [-0.39, 0.29) is 0 Å². The number of piperazine rings is 1. The van der Waals surface area contributed by atoms with Crippen LogP contribution in [0.25, 0.3) is 0 Å². The SMILES string of the molecule is CC(C)N1CCNCC1C1CCCCC1. The Bertz CT molecular complexity index is 185. The number of rotatable bonds is 2. The topological polar surface area (TPSA) is 15.3 Å². The van der Waals surface area contributed by atoms with Gasteiger partial charge in [0.25, 0.3) is 0 Å². The highest BCUT2D eigenvalue weighted by atomic mass is 15.2. The maximum Gasteiger partial charge on any atom is 0.0252 e. The van der Waals surface area contributed by atoms with Crippen LogP contribution in [0, 0.1) is 5.92 Å². The molecular formula is C13H26N2. The molecule has 2 fully saturated rings. The van der Waals surface area contributed by atoms with Crippen molar-refractivity contribution in [2.75, 3.05) is 19.6 Å². The Hall–Kier alpha value is -0.0800. The highest BCUT2D eigenvalue weighted by Crippen LogP contribution is 2.30. The minimum Gasteiger partial charge on any atom is -0.314 e. The number of nitrogens with zero attached hydrogens (tertiary/aromatic N) is 1. The van der Waals surface area contributed by atoms with Gasteiger partial charge in [0.1, 0.15) is 0 Å². The molecule has 1 saturated heterocycles. The molecule has 1 saturated carbocycles. The Kier molecular flexibility index (Phi) is 4.04. The summed E-state index contributed by atoms with van der Waals surface area (Å²) < 4.78 is 0. The normalized spacial score (nSPS) is 31.0. The summed E-state index contributed by atoms with van der Waals surface area (Å²) in [6, 6.07) is 1.54. The Labute approximate surface area is 94.4 Å². The Morgan fingerprint density at radius 3 is 2.53 bits per heavy atom. The van der Waals surface area contributed by atoms with Gasteiger partial charge in [0.2, 0.25) is 0 Å². The van der Waals surface area contributed by atoms with Gasteiger partial charge in [0, 0.05) is 31.7 Å². The van der Waals surface area contributed by atoms with Gasteiger partial charge in [0.05, 0.1) is 0 Å². The van der Waals surface area contributed by atoms with Crippen molar-refractivity contribution in [2.24, 2.45) is 5.92 Å².